The first-order valence-electron chi connectivity index (χ1n) is 12.2. The molecule has 0 atom stereocenters. The van der Waals surface area contributed by atoms with Crippen molar-refractivity contribution in [2.75, 3.05) is 19.8 Å². The van der Waals surface area contributed by atoms with E-state index in [1.165, 1.54) is 0 Å². The molecule has 2 rings (SSSR count). The number of carbonyl (C=O) groups excluding carboxylic acids is 4. The first-order chi connectivity index (χ1) is 17.3. The molecule has 1 aliphatic carbocycles. The molecular formula is C27H34O9. The lowest BCUT2D eigenvalue weighted by Gasteiger charge is -2.25. The number of rotatable bonds is 15. The molecule has 0 radical (unpaired) electrons. The van der Waals surface area contributed by atoms with Crippen molar-refractivity contribution in [2.24, 2.45) is 11.8 Å². The van der Waals surface area contributed by atoms with Gasteiger partial charge in [-0.15, -0.1) is 0 Å². The molecule has 0 saturated heterocycles. The van der Waals surface area contributed by atoms with Crippen molar-refractivity contribution < 1.29 is 43.3 Å². The smallest absolute Gasteiger partial charge is 0.330 e. The van der Waals surface area contributed by atoms with Crippen LogP contribution in [0.3, 0.4) is 0 Å². The van der Waals surface area contributed by atoms with E-state index in [9.17, 15) is 24.0 Å². The second-order valence-corrected chi connectivity index (χ2v) is 8.73. The lowest BCUT2D eigenvalue weighted by Crippen LogP contribution is -2.26. The number of benzene rings is 1. The zero-order valence-corrected chi connectivity index (χ0v) is 20.4. The van der Waals surface area contributed by atoms with Crippen LogP contribution in [-0.2, 0) is 51.0 Å². The first-order valence-corrected chi connectivity index (χ1v) is 12.2. The third-order valence-electron chi connectivity index (χ3n) is 6.16. The summed E-state index contributed by atoms with van der Waals surface area (Å²) in [6, 6.07) is 7.77. The number of Topliss-reactive ketones (excluding diaryl/α,β-unsaturated/α-hetero) is 1. The number of ketones is 1. The lowest BCUT2D eigenvalue weighted by molar-refractivity contribution is -0.152. The number of aliphatic carboxylic acids is 1. The summed E-state index contributed by atoms with van der Waals surface area (Å²) in [5, 5.41) is 9.08. The van der Waals surface area contributed by atoms with E-state index in [4.69, 9.17) is 14.6 Å². The van der Waals surface area contributed by atoms with Gasteiger partial charge in [-0.3, -0.25) is 19.2 Å². The molecule has 0 amide bonds. The lowest BCUT2D eigenvalue weighted by atomic mass is 9.79. The third kappa shape index (κ3) is 10.8. The van der Waals surface area contributed by atoms with Gasteiger partial charge in [-0.05, 0) is 43.2 Å². The Hall–Kier alpha value is -3.49. The topological polar surface area (TPSA) is 133 Å². The SMILES string of the molecule is C=CC(=O)OCCOC(=O)CCC(=O)OCCc1ccc(CCC(=O)C2CCC(C(=O)O)CC2)cc1. The van der Waals surface area contributed by atoms with Gasteiger partial charge in [-0.25, -0.2) is 4.79 Å². The van der Waals surface area contributed by atoms with Crippen molar-refractivity contribution in [1.82, 2.24) is 0 Å². The van der Waals surface area contributed by atoms with Gasteiger partial charge in [-0.2, -0.15) is 0 Å². The Labute approximate surface area is 210 Å². The largest absolute Gasteiger partial charge is 0.481 e. The number of hydrogen-bond acceptors (Lipinski definition) is 8. The third-order valence-corrected chi connectivity index (χ3v) is 6.16. The van der Waals surface area contributed by atoms with Gasteiger partial charge in [0.05, 0.1) is 25.4 Å². The summed E-state index contributed by atoms with van der Waals surface area (Å²) < 4.78 is 14.7. The average molecular weight is 503 g/mol. The number of hydrogen-bond donors (Lipinski definition) is 1. The highest BCUT2D eigenvalue weighted by Gasteiger charge is 2.29. The molecule has 1 fully saturated rings. The molecule has 36 heavy (non-hydrogen) atoms. The zero-order chi connectivity index (χ0) is 26.3. The molecule has 0 heterocycles. The van der Waals surface area contributed by atoms with Crippen LogP contribution in [0.5, 0.6) is 0 Å². The number of carbonyl (C=O) groups is 5. The van der Waals surface area contributed by atoms with E-state index in [2.05, 4.69) is 11.3 Å². The molecule has 0 unspecified atom stereocenters. The Morgan fingerprint density at radius 1 is 0.750 bits per heavy atom. The minimum Gasteiger partial charge on any atom is -0.481 e. The maximum Gasteiger partial charge on any atom is 0.330 e. The number of carboxylic acid groups (broad SMARTS) is 1. The van der Waals surface area contributed by atoms with E-state index < -0.39 is 23.9 Å². The van der Waals surface area contributed by atoms with Crippen LogP contribution in [0.4, 0.5) is 0 Å². The van der Waals surface area contributed by atoms with Crippen molar-refractivity contribution in [2.45, 2.75) is 57.8 Å². The Morgan fingerprint density at radius 3 is 1.81 bits per heavy atom. The summed E-state index contributed by atoms with van der Waals surface area (Å²) in [5.74, 6) is -2.59. The summed E-state index contributed by atoms with van der Waals surface area (Å²) in [5.41, 5.74) is 2.03. The van der Waals surface area contributed by atoms with E-state index in [-0.39, 0.29) is 50.3 Å². The van der Waals surface area contributed by atoms with Gasteiger partial charge >= 0.3 is 23.9 Å². The second-order valence-electron chi connectivity index (χ2n) is 8.73. The molecule has 1 aromatic rings. The van der Waals surface area contributed by atoms with Crippen molar-refractivity contribution in [3.8, 4) is 0 Å². The summed E-state index contributed by atoms with van der Waals surface area (Å²) in [6.07, 6.45) is 4.85. The van der Waals surface area contributed by atoms with Crippen LogP contribution in [0.25, 0.3) is 0 Å². The van der Waals surface area contributed by atoms with Crippen LogP contribution in [0.2, 0.25) is 0 Å². The Bertz CT molecular complexity index is 912. The highest BCUT2D eigenvalue weighted by molar-refractivity contribution is 5.82. The van der Waals surface area contributed by atoms with Crippen molar-refractivity contribution in [1.29, 1.82) is 0 Å². The van der Waals surface area contributed by atoms with E-state index >= 15 is 0 Å². The van der Waals surface area contributed by atoms with Gasteiger partial charge in [0, 0.05) is 24.8 Å². The molecule has 0 spiro atoms. The van der Waals surface area contributed by atoms with Crippen molar-refractivity contribution in [3.05, 3.63) is 48.0 Å². The van der Waals surface area contributed by atoms with Crippen LogP contribution in [0, 0.1) is 11.8 Å². The fourth-order valence-electron chi connectivity index (χ4n) is 3.99. The molecule has 0 bridgehead atoms. The fraction of sp³-hybridized carbons (Fsp3) is 0.519. The van der Waals surface area contributed by atoms with E-state index in [0.717, 1.165) is 17.2 Å². The van der Waals surface area contributed by atoms with Gasteiger partial charge in [0.15, 0.2) is 0 Å². The molecule has 0 aliphatic heterocycles. The number of carboxylic acids is 1. The van der Waals surface area contributed by atoms with Gasteiger partial charge < -0.3 is 19.3 Å². The van der Waals surface area contributed by atoms with Crippen LogP contribution < -0.4 is 0 Å². The van der Waals surface area contributed by atoms with E-state index in [0.29, 0.717) is 44.9 Å². The van der Waals surface area contributed by atoms with Crippen LogP contribution in [0.1, 0.15) is 56.1 Å². The summed E-state index contributed by atoms with van der Waals surface area (Å²) >= 11 is 0. The number of ether oxygens (including phenoxy) is 3. The van der Waals surface area contributed by atoms with E-state index in [1.807, 2.05) is 24.3 Å². The Morgan fingerprint density at radius 2 is 1.25 bits per heavy atom. The van der Waals surface area contributed by atoms with Gasteiger partial charge in [0.25, 0.3) is 0 Å². The number of esters is 3. The van der Waals surface area contributed by atoms with Crippen molar-refractivity contribution >= 4 is 29.7 Å². The van der Waals surface area contributed by atoms with Crippen LogP contribution >= 0.6 is 0 Å². The predicted molar refractivity (Wildman–Crippen MR) is 129 cm³/mol. The van der Waals surface area contributed by atoms with Gasteiger partial charge in [0.2, 0.25) is 0 Å². The normalized spacial score (nSPS) is 17.0. The summed E-state index contributed by atoms with van der Waals surface area (Å²) in [7, 11) is 0. The molecule has 1 saturated carbocycles. The second kappa shape index (κ2) is 15.5. The highest BCUT2D eigenvalue weighted by Crippen LogP contribution is 2.30. The zero-order valence-electron chi connectivity index (χ0n) is 20.4. The maximum absolute atomic E-state index is 12.5. The average Bonchev–Trinajstić information content (AvgIpc) is 2.89. The summed E-state index contributed by atoms with van der Waals surface area (Å²) in [4.78, 5) is 57.8. The molecule has 196 valence electrons. The fourth-order valence-corrected chi connectivity index (χ4v) is 3.99. The van der Waals surface area contributed by atoms with Crippen molar-refractivity contribution in [3.63, 3.8) is 0 Å². The molecule has 0 aromatic heterocycles. The van der Waals surface area contributed by atoms with Gasteiger partial charge in [0.1, 0.15) is 19.0 Å². The molecule has 1 N–H and O–H groups in total. The molecule has 9 heteroatoms. The summed E-state index contributed by atoms with van der Waals surface area (Å²) in [6.45, 7) is 3.26. The van der Waals surface area contributed by atoms with Gasteiger partial charge in [-0.1, -0.05) is 30.8 Å². The minimum absolute atomic E-state index is 0.0292. The molecule has 1 aliphatic rings. The first kappa shape index (κ1) is 28.7. The Kier molecular flexibility index (Phi) is 12.4. The molecule has 9 nitrogen and oxygen atoms in total. The Balaban J connectivity index is 1.57. The highest BCUT2D eigenvalue weighted by atomic mass is 16.6. The number of aryl methyl sites for hydroxylation is 1. The van der Waals surface area contributed by atoms with Crippen LogP contribution in [-0.4, -0.2) is 54.6 Å². The standard InChI is InChI=1S/C27H34O9/c1-2-24(29)35-17-18-36-26(31)14-13-25(30)34-16-15-20-5-3-19(4-6-20)7-12-23(28)21-8-10-22(11-9-21)27(32)33/h2-6,21-22H,1,7-18H2,(H,32,33). The van der Waals surface area contributed by atoms with E-state index in [1.54, 1.807) is 0 Å². The molecular weight excluding hydrogens is 468 g/mol. The molecule has 1 aromatic carbocycles. The minimum atomic E-state index is -0.766. The monoisotopic (exact) mass is 502 g/mol. The quantitative estimate of drug-likeness (QED) is 0.166. The maximum atomic E-state index is 12.5. The predicted octanol–water partition coefficient (Wildman–Crippen LogP) is 3.22. The van der Waals surface area contributed by atoms with Crippen LogP contribution in [0.15, 0.2) is 36.9 Å².